The molecule has 0 radical (unpaired) electrons. The van der Waals surface area contributed by atoms with Crippen LogP contribution >= 0.6 is 34.5 Å². The van der Waals surface area contributed by atoms with Crippen LogP contribution in [0.5, 0.6) is 5.75 Å². The Morgan fingerprint density at radius 2 is 2.00 bits per heavy atom. The molecule has 0 aliphatic rings. The maximum absolute atomic E-state index is 12.3. The summed E-state index contributed by atoms with van der Waals surface area (Å²) in [4.78, 5) is 0. The summed E-state index contributed by atoms with van der Waals surface area (Å²) in [6, 6.07) is 8.42. The molecule has 2 nitrogen and oxygen atoms in total. The molecule has 1 aromatic heterocycles. The third kappa shape index (κ3) is 4.54. The number of hydrogen-bond donors (Lipinski definition) is 1. The monoisotopic (exact) mass is 351 g/mol. The van der Waals surface area contributed by atoms with Crippen LogP contribution in [0, 0.1) is 0 Å². The van der Waals surface area contributed by atoms with Gasteiger partial charge >= 0.3 is 6.61 Å². The second-order valence-corrected chi connectivity index (χ2v) is 6.65. The molecule has 1 unspecified atom stereocenters. The predicted molar refractivity (Wildman–Crippen MR) is 82.7 cm³/mol. The van der Waals surface area contributed by atoms with E-state index >= 15 is 0 Å². The van der Waals surface area contributed by atoms with Crippen LogP contribution in [0.2, 0.25) is 8.67 Å². The van der Waals surface area contributed by atoms with Crippen LogP contribution in [0.3, 0.4) is 0 Å². The summed E-state index contributed by atoms with van der Waals surface area (Å²) < 4.78 is 30.4. The SMILES string of the molecule is CC(NCc1ccccc1OC(F)F)c1cc(Cl)sc1Cl. The number of nitrogens with one attached hydrogen (secondary N) is 1. The quantitative estimate of drug-likeness (QED) is 0.740. The van der Waals surface area contributed by atoms with Crippen LogP contribution in [0.4, 0.5) is 8.78 Å². The van der Waals surface area contributed by atoms with E-state index in [1.807, 2.05) is 6.92 Å². The van der Waals surface area contributed by atoms with Gasteiger partial charge in [0.2, 0.25) is 0 Å². The van der Waals surface area contributed by atoms with Crippen molar-refractivity contribution in [1.29, 1.82) is 0 Å². The molecule has 1 heterocycles. The zero-order valence-electron chi connectivity index (χ0n) is 11.1. The summed E-state index contributed by atoms with van der Waals surface area (Å²) >= 11 is 13.3. The van der Waals surface area contributed by atoms with E-state index in [4.69, 9.17) is 23.2 Å². The first-order chi connectivity index (χ1) is 9.97. The average Bonchev–Trinajstić information content (AvgIpc) is 2.76. The number of hydrogen-bond acceptors (Lipinski definition) is 3. The second-order valence-electron chi connectivity index (χ2n) is 4.37. The molecule has 0 bridgehead atoms. The van der Waals surface area contributed by atoms with Gasteiger partial charge in [-0.25, -0.2) is 0 Å². The van der Waals surface area contributed by atoms with Crippen LogP contribution in [-0.2, 0) is 6.54 Å². The lowest BCUT2D eigenvalue weighted by Gasteiger charge is -2.15. The molecule has 0 aliphatic carbocycles. The number of rotatable bonds is 6. The van der Waals surface area contributed by atoms with Crippen molar-refractivity contribution < 1.29 is 13.5 Å². The summed E-state index contributed by atoms with van der Waals surface area (Å²) in [6.45, 7) is -0.525. The van der Waals surface area contributed by atoms with Crippen LogP contribution in [-0.4, -0.2) is 6.61 Å². The zero-order valence-corrected chi connectivity index (χ0v) is 13.4. The minimum Gasteiger partial charge on any atom is -0.434 e. The summed E-state index contributed by atoms with van der Waals surface area (Å²) in [5, 5.41) is 3.22. The first-order valence-electron chi connectivity index (χ1n) is 6.18. The Morgan fingerprint density at radius 1 is 1.29 bits per heavy atom. The fourth-order valence-electron chi connectivity index (χ4n) is 1.88. The lowest BCUT2D eigenvalue weighted by atomic mass is 10.1. The maximum atomic E-state index is 12.3. The van der Waals surface area contributed by atoms with Crippen molar-refractivity contribution in [2.45, 2.75) is 26.1 Å². The largest absolute Gasteiger partial charge is 0.434 e. The molecule has 1 atom stereocenters. The highest BCUT2D eigenvalue weighted by molar-refractivity contribution is 7.20. The van der Waals surface area contributed by atoms with E-state index < -0.39 is 6.61 Å². The number of ether oxygens (including phenoxy) is 1. The van der Waals surface area contributed by atoms with E-state index in [9.17, 15) is 8.78 Å². The summed E-state index contributed by atoms with van der Waals surface area (Å²) in [5.41, 5.74) is 1.54. The Bertz CT molecular complexity index is 606. The topological polar surface area (TPSA) is 21.3 Å². The molecule has 1 aromatic carbocycles. The van der Waals surface area contributed by atoms with E-state index in [1.54, 1.807) is 24.3 Å². The molecule has 7 heteroatoms. The van der Waals surface area contributed by atoms with Crippen molar-refractivity contribution >= 4 is 34.5 Å². The normalized spacial score (nSPS) is 12.7. The number of halogens is 4. The van der Waals surface area contributed by atoms with Gasteiger partial charge in [0, 0.05) is 18.2 Å². The highest BCUT2D eigenvalue weighted by atomic mass is 35.5. The summed E-state index contributed by atoms with van der Waals surface area (Å²) in [5.74, 6) is 0.168. The molecule has 0 saturated heterocycles. The molecule has 0 aliphatic heterocycles. The molecule has 0 amide bonds. The van der Waals surface area contributed by atoms with Crippen molar-refractivity contribution in [3.8, 4) is 5.75 Å². The Morgan fingerprint density at radius 3 is 2.62 bits per heavy atom. The highest BCUT2D eigenvalue weighted by Crippen LogP contribution is 2.35. The van der Waals surface area contributed by atoms with Crippen LogP contribution < -0.4 is 10.1 Å². The van der Waals surface area contributed by atoms with Gasteiger partial charge in [-0.15, -0.1) is 11.3 Å². The van der Waals surface area contributed by atoms with E-state index in [1.165, 1.54) is 17.4 Å². The highest BCUT2D eigenvalue weighted by Gasteiger charge is 2.14. The van der Waals surface area contributed by atoms with Crippen molar-refractivity contribution in [3.63, 3.8) is 0 Å². The van der Waals surface area contributed by atoms with Gasteiger partial charge < -0.3 is 10.1 Å². The van der Waals surface area contributed by atoms with Crippen LogP contribution in [0.25, 0.3) is 0 Å². The molecule has 2 aromatic rings. The van der Waals surface area contributed by atoms with Gasteiger partial charge in [-0.1, -0.05) is 41.4 Å². The predicted octanol–water partition coefficient (Wildman–Crippen LogP) is 5.51. The third-order valence-electron chi connectivity index (χ3n) is 2.94. The van der Waals surface area contributed by atoms with Gasteiger partial charge in [0.1, 0.15) is 5.75 Å². The molecule has 0 spiro atoms. The first kappa shape index (κ1) is 16.5. The number of alkyl halides is 2. The fourth-order valence-corrected chi connectivity index (χ4v) is 3.53. The van der Waals surface area contributed by atoms with Gasteiger partial charge in [-0.2, -0.15) is 8.78 Å². The van der Waals surface area contributed by atoms with Crippen molar-refractivity contribution in [2.24, 2.45) is 0 Å². The summed E-state index contributed by atoms with van der Waals surface area (Å²) in [7, 11) is 0. The van der Waals surface area contributed by atoms with Crippen molar-refractivity contribution in [1.82, 2.24) is 5.32 Å². The first-order valence-corrected chi connectivity index (χ1v) is 7.75. The Kier molecular flexibility index (Phi) is 5.81. The molecule has 2 rings (SSSR count). The van der Waals surface area contributed by atoms with Crippen molar-refractivity contribution in [2.75, 3.05) is 0 Å². The Hall–Kier alpha value is -0.880. The molecule has 1 N–H and O–H groups in total. The van der Waals surface area contributed by atoms with E-state index in [0.717, 1.165) is 5.56 Å². The smallest absolute Gasteiger partial charge is 0.387 e. The van der Waals surface area contributed by atoms with Gasteiger partial charge in [0.25, 0.3) is 0 Å². The average molecular weight is 352 g/mol. The summed E-state index contributed by atoms with van der Waals surface area (Å²) in [6.07, 6.45) is 0. The van der Waals surface area contributed by atoms with E-state index in [2.05, 4.69) is 10.1 Å². The third-order valence-corrected chi connectivity index (χ3v) is 4.45. The minimum absolute atomic E-state index is 0.0548. The molecular weight excluding hydrogens is 339 g/mol. The van der Waals surface area contributed by atoms with Gasteiger partial charge in [0.05, 0.1) is 8.67 Å². The van der Waals surface area contributed by atoms with E-state index in [0.29, 0.717) is 20.8 Å². The molecule has 114 valence electrons. The number of thiophene rings is 1. The molecule has 0 fully saturated rings. The second kappa shape index (κ2) is 7.40. The van der Waals surface area contributed by atoms with Gasteiger partial charge in [-0.3, -0.25) is 0 Å². The Labute approximate surface area is 135 Å². The zero-order chi connectivity index (χ0) is 15.4. The van der Waals surface area contributed by atoms with E-state index in [-0.39, 0.29) is 11.8 Å². The van der Waals surface area contributed by atoms with Crippen LogP contribution in [0.15, 0.2) is 30.3 Å². The maximum Gasteiger partial charge on any atom is 0.387 e. The number of benzene rings is 1. The molecule has 21 heavy (non-hydrogen) atoms. The molecular formula is C14H13Cl2F2NOS. The number of para-hydroxylation sites is 1. The lowest BCUT2D eigenvalue weighted by Crippen LogP contribution is -2.18. The lowest BCUT2D eigenvalue weighted by molar-refractivity contribution is -0.0505. The van der Waals surface area contributed by atoms with Crippen molar-refractivity contribution in [3.05, 3.63) is 50.1 Å². The Balaban J connectivity index is 2.04. The van der Waals surface area contributed by atoms with Gasteiger partial charge in [-0.05, 0) is 24.6 Å². The van der Waals surface area contributed by atoms with Crippen LogP contribution in [0.1, 0.15) is 24.1 Å². The fraction of sp³-hybridized carbons (Fsp3) is 0.286. The molecule has 0 saturated carbocycles. The minimum atomic E-state index is -2.84. The van der Waals surface area contributed by atoms with Gasteiger partial charge in [0.15, 0.2) is 0 Å². The standard InChI is InChI=1S/C14H13Cl2F2NOS/c1-8(10-6-12(15)21-13(10)16)19-7-9-4-2-3-5-11(9)20-14(17)18/h2-6,8,14,19H,7H2,1H3.